The number of nitrogens with one attached hydrogen (secondary N) is 2. The topological polar surface area (TPSA) is 127 Å². The molecule has 0 aliphatic heterocycles. The third-order valence-electron chi connectivity index (χ3n) is 5.94. The van der Waals surface area contributed by atoms with E-state index >= 15 is 0 Å². The van der Waals surface area contributed by atoms with Crippen molar-refractivity contribution in [3.63, 3.8) is 0 Å². The molecular formula is C28H37N5O5. The Morgan fingerprint density at radius 3 is 2.34 bits per heavy atom. The number of aromatic nitrogens is 2. The van der Waals surface area contributed by atoms with E-state index in [1.54, 1.807) is 64.2 Å². The van der Waals surface area contributed by atoms with Gasteiger partial charge in [-0.2, -0.15) is 4.98 Å². The number of anilines is 2. The van der Waals surface area contributed by atoms with Gasteiger partial charge in [0.15, 0.2) is 0 Å². The summed E-state index contributed by atoms with van der Waals surface area (Å²) in [4.78, 5) is 48.8. The third-order valence-corrected chi connectivity index (χ3v) is 5.94. The summed E-state index contributed by atoms with van der Waals surface area (Å²) in [5.41, 5.74) is 0.577. The van der Waals surface area contributed by atoms with E-state index < -0.39 is 28.8 Å². The highest BCUT2D eigenvalue weighted by Gasteiger charge is 2.34. The number of pyridine rings is 1. The Balaban J connectivity index is 1.83. The molecule has 0 radical (unpaired) electrons. The minimum atomic E-state index is -0.702. The molecule has 38 heavy (non-hydrogen) atoms. The van der Waals surface area contributed by atoms with Crippen molar-refractivity contribution in [2.75, 3.05) is 24.2 Å². The number of benzene rings is 1. The van der Waals surface area contributed by atoms with Gasteiger partial charge in [-0.25, -0.2) is 9.59 Å². The maximum absolute atomic E-state index is 13.4. The number of aryl methyl sites for hydroxylation is 1. The molecule has 0 fully saturated rings. The van der Waals surface area contributed by atoms with Gasteiger partial charge in [-0.1, -0.05) is 20.8 Å². The van der Waals surface area contributed by atoms with E-state index in [9.17, 15) is 14.4 Å². The van der Waals surface area contributed by atoms with Crippen LogP contribution >= 0.6 is 0 Å². The maximum Gasteiger partial charge on any atom is 0.412 e. The van der Waals surface area contributed by atoms with Crippen molar-refractivity contribution in [2.24, 2.45) is 5.41 Å². The van der Waals surface area contributed by atoms with Crippen LogP contribution in [-0.2, 0) is 16.0 Å². The summed E-state index contributed by atoms with van der Waals surface area (Å²) in [7, 11) is 1.75. The van der Waals surface area contributed by atoms with E-state index in [0.717, 1.165) is 5.56 Å². The predicted octanol–water partition coefficient (Wildman–Crippen LogP) is 4.77. The number of likely N-dealkylation sites (N-methyl/N-ethyl adjacent to an activating group) is 1. The van der Waals surface area contributed by atoms with Gasteiger partial charge in [0.05, 0.1) is 10.9 Å². The van der Waals surface area contributed by atoms with Crippen LogP contribution in [0.5, 0.6) is 0 Å². The number of ether oxygens (including phenoxy) is 1. The van der Waals surface area contributed by atoms with Crippen molar-refractivity contribution in [3.05, 3.63) is 58.2 Å². The zero-order valence-corrected chi connectivity index (χ0v) is 23.3. The lowest BCUT2D eigenvalue weighted by atomic mass is 9.86. The molecule has 0 saturated carbocycles. The van der Waals surface area contributed by atoms with Crippen molar-refractivity contribution in [1.29, 1.82) is 0 Å². The Hall–Kier alpha value is -3.95. The van der Waals surface area contributed by atoms with Crippen LogP contribution in [0.15, 0.2) is 45.9 Å². The number of hydrogen-bond acceptors (Lipinski definition) is 8. The van der Waals surface area contributed by atoms with Crippen LogP contribution in [0, 0.1) is 12.3 Å². The average Bonchev–Trinajstić information content (AvgIpc) is 2.81. The Bertz CT molecular complexity index is 1360. The minimum absolute atomic E-state index is 0.0504. The number of nitrogens with zero attached hydrogens (tertiary/aromatic N) is 3. The molecule has 2 N–H and O–H groups in total. The fraction of sp³-hybridized carbons (Fsp3) is 0.464. The summed E-state index contributed by atoms with van der Waals surface area (Å²) in [6, 6.07) is 6.35. The Morgan fingerprint density at radius 2 is 1.74 bits per heavy atom. The lowest BCUT2D eigenvalue weighted by Gasteiger charge is -2.33. The molecule has 0 bridgehead atoms. The Morgan fingerprint density at radius 1 is 1.08 bits per heavy atom. The van der Waals surface area contributed by atoms with Gasteiger partial charge in [0.2, 0.25) is 5.91 Å². The smallest absolute Gasteiger partial charge is 0.412 e. The van der Waals surface area contributed by atoms with E-state index in [2.05, 4.69) is 20.6 Å². The highest BCUT2D eigenvalue weighted by atomic mass is 16.6. The molecule has 0 aliphatic rings. The van der Waals surface area contributed by atoms with Gasteiger partial charge in [0.1, 0.15) is 11.6 Å². The SMILES string of the molecule is Cc1c(NC(=O)OC(C)(C)C)ccc2nc(N[C@H](C(=O)N(C)CCc3ccncc3)C(C)(C)C)oc(=O)c12. The summed E-state index contributed by atoms with van der Waals surface area (Å²) >= 11 is 0. The normalized spacial score (nSPS) is 12.6. The minimum Gasteiger partial charge on any atom is -0.444 e. The fourth-order valence-electron chi connectivity index (χ4n) is 3.88. The number of hydrogen-bond donors (Lipinski definition) is 2. The first-order chi connectivity index (χ1) is 17.7. The number of amides is 2. The van der Waals surface area contributed by atoms with Crippen LogP contribution < -0.4 is 16.3 Å². The molecule has 10 heteroatoms. The number of carbonyl (C=O) groups is 2. The zero-order valence-electron chi connectivity index (χ0n) is 23.3. The monoisotopic (exact) mass is 523 g/mol. The van der Waals surface area contributed by atoms with E-state index in [-0.39, 0.29) is 17.3 Å². The molecule has 2 amide bonds. The lowest BCUT2D eigenvalue weighted by Crippen LogP contribution is -2.49. The number of carbonyl (C=O) groups excluding carboxylic acids is 2. The summed E-state index contributed by atoms with van der Waals surface area (Å²) in [6.45, 7) is 13.3. The van der Waals surface area contributed by atoms with Gasteiger partial charge in [0, 0.05) is 31.7 Å². The highest BCUT2D eigenvalue weighted by molar-refractivity contribution is 5.93. The van der Waals surface area contributed by atoms with Crippen molar-refractivity contribution >= 4 is 34.6 Å². The van der Waals surface area contributed by atoms with E-state index in [0.29, 0.717) is 29.7 Å². The summed E-state index contributed by atoms with van der Waals surface area (Å²) < 4.78 is 10.8. The standard InChI is InChI=1S/C28H37N5O5/c1-17-19(31-26(36)38-28(5,6)7)9-10-20-21(17)24(35)37-25(30-20)32-22(27(2,3)4)23(34)33(8)16-13-18-11-14-29-15-12-18/h9-12,14-15,22H,13,16H2,1-8H3,(H,30,32)(H,31,36)/t22-/m1/s1. The molecule has 0 spiro atoms. The molecule has 0 saturated heterocycles. The zero-order chi connectivity index (χ0) is 28.3. The van der Waals surface area contributed by atoms with Gasteiger partial charge in [-0.3, -0.25) is 15.1 Å². The van der Waals surface area contributed by atoms with Crippen LogP contribution in [-0.4, -0.2) is 52.1 Å². The van der Waals surface area contributed by atoms with Gasteiger partial charge in [0.25, 0.3) is 6.01 Å². The third kappa shape index (κ3) is 7.30. The second-order valence-corrected chi connectivity index (χ2v) is 11.4. The summed E-state index contributed by atoms with van der Waals surface area (Å²) in [5.74, 6) is -0.149. The highest BCUT2D eigenvalue weighted by Crippen LogP contribution is 2.27. The first kappa shape index (κ1) is 28.6. The molecule has 3 aromatic rings. The van der Waals surface area contributed by atoms with Gasteiger partial charge >= 0.3 is 11.7 Å². The van der Waals surface area contributed by atoms with Crippen LogP contribution in [0.3, 0.4) is 0 Å². The molecular weight excluding hydrogens is 486 g/mol. The van der Waals surface area contributed by atoms with Crippen LogP contribution in [0.25, 0.3) is 10.9 Å². The molecule has 1 aromatic carbocycles. The van der Waals surface area contributed by atoms with Crippen molar-refractivity contribution < 1.29 is 18.7 Å². The largest absolute Gasteiger partial charge is 0.444 e. The molecule has 204 valence electrons. The molecule has 2 aromatic heterocycles. The fourth-order valence-corrected chi connectivity index (χ4v) is 3.88. The summed E-state index contributed by atoms with van der Waals surface area (Å²) in [5, 5.41) is 5.95. The van der Waals surface area contributed by atoms with Gasteiger partial charge < -0.3 is 19.4 Å². The lowest BCUT2D eigenvalue weighted by molar-refractivity contribution is -0.132. The first-order valence-corrected chi connectivity index (χ1v) is 12.5. The van der Waals surface area contributed by atoms with Crippen molar-refractivity contribution in [2.45, 2.75) is 66.5 Å². The van der Waals surface area contributed by atoms with Gasteiger partial charge in [-0.05, 0) is 74.9 Å². The van der Waals surface area contributed by atoms with E-state index in [4.69, 9.17) is 9.15 Å². The summed E-state index contributed by atoms with van der Waals surface area (Å²) in [6.07, 6.45) is 3.50. The van der Waals surface area contributed by atoms with Crippen molar-refractivity contribution in [1.82, 2.24) is 14.9 Å². The van der Waals surface area contributed by atoms with Crippen LogP contribution in [0.2, 0.25) is 0 Å². The molecule has 0 unspecified atom stereocenters. The average molecular weight is 524 g/mol. The molecule has 10 nitrogen and oxygen atoms in total. The predicted molar refractivity (Wildman–Crippen MR) is 147 cm³/mol. The Labute approximate surface area is 222 Å². The molecule has 2 heterocycles. The van der Waals surface area contributed by atoms with Crippen molar-refractivity contribution in [3.8, 4) is 0 Å². The first-order valence-electron chi connectivity index (χ1n) is 12.5. The second-order valence-electron chi connectivity index (χ2n) is 11.4. The Kier molecular flexibility index (Phi) is 8.44. The second kappa shape index (κ2) is 11.2. The van der Waals surface area contributed by atoms with E-state index in [1.807, 2.05) is 32.9 Å². The quantitative estimate of drug-likeness (QED) is 0.454. The molecule has 3 rings (SSSR count). The van der Waals surface area contributed by atoms with Crippen LogP contribution in [0.4, 0.5) is 16.5 Å². The van der Waals surface area contributed by atoms with E-state index in [1.165, 1.54) is 0 Å². The number of rotatable bonds is 7. The molecule has 0 aliphatic carbocycles. The van der Waals surface area contributed by atoms with Gasteiger partial charge in [-0.15, -0.1) is 0 Å². The van der Waals surface area contributed by atoms with Crippen LogP contribution in [0.1, 0.15) is 52.7 Å². The molecule has 1 atom stereocenters. The number of fused-ring (bicyclic) bond motifs is 1. The maximum atomic E-state index is 13.4.